The van der Waals surface area contributed by atoms with Crippen molar-refractivity contribution in [3.05, 3.63) is 29.8 Å². The summed E-state index contributed by atoms with van der Waals surface area (Å²) in [6, 6.07) is 8.34. The van der Waals surface area contributed by atoms with Crippen LogP contribution in [-0.4, -0.2) is 12.2 Å². The van der Waals surface area contributed by atoms with Gasteiger partial charge >= 0.3 is 0 Å². The first-order valence-corrected chi connectivity index (χ1v) is 3.63. The van der Waals surface area contributed by atoms with Crippen LogP contribution in [0.25, 0.3) is 0 Å². The molecule has 0 saturated heterocycles. The van der Waals surface area contributed by atoms with Crippen molar-refractivity contribution in [3.63, 3.8) is 0 Å². The van der Waals surface area contributed by atoms with E-state index in [2.05, 4.69) is 40.4 Å². The van der Waals surface area contributed by atoms with Gasteiger partial charge < -0.3 is 5.11 Å². The molecule has 0 saturated carbocycles. The predicted molar refractivity (Wildman–Crippen MR) is 48.7 cm³/mol. The Balaban J connectivity index is 0.000000371. The highest BCUT2D eigenvalue weighted by atomic mass is 31.0. The highest BCUT2D eigenvalue weighted by molar-refractivity contribution is 7.27. The molecule has 1 unspecified atom stereocenters. The van der Waals surface area contributed by atoms with E-state index in [1.165, 1.54) is 10.9 Å². The van der Waals surface area contributed by atoms with Gasteiger partial charge in [-0.05, 0) is 12.2 Å². The molecule has 1 nitrogen and oxygen atoms in total. The lowest BCUT2D eigenvalue weighted by molar-refractivity contribution is 0.399. The van der Waals surface area contributed by atoms with Crippen LogP contribution in [0, 0.1) is 6.92 Å². The molecular formula is C8H13OP. The molecule has 10 heavy (non-hydrogen) atoms. The number of hydrogen-bond acceptors (Lipinski definition) is 1. The highest BCUT2D eigenvalue weighted by Crippen LogP contribution is 1.95. The minimum Gasteiger partial charge on any atom is -0.400 e. The van der Waals surface area contributed by atoms with E-state index in [4.69, 9.17) is 5.11 Å². The quantitative estimate of drug-likeness (QED) is 0.558. The van der Waals surface area contributed by atoms with E-state index in [0.29, 0.717) is 0 Å². The Morgan fingerprint density at radius 3 is 2.20 bits per heavy atom. The van der Waals surface area contributed by atoms with Crippen LogP contribution in [-0.2, 0) is 0 Å². The van der Waals surface area contributed by atoms with Gasteiger partial charge in [-0.2, -0.15) is 0 Å². The number of benzene rings is 1. The van der Waals surface area contributed by atoms with Gasteiger partial charge in [0.05, 0.1) is 0 Å². The smallest absolute Gasteiger partial charge is 0.0319 e. The van der Waals surface area contributed by atoms with Crippen LogP contribution in [0.5, 0.6) is 0 Å². The average Bonchev–Trinajstić information content (AvgIpc) is 1.91. The summed E-state index contributed by atoms with van der Waals surface area (Å²) in [5.74, 6) is 0. The van der Waals surface area contributed by atoms with E-state index < -0.39 is 0 Å². The summed E-state index contributed by atoms with van der Waals surface area (Å²) in [4.78, 5) is 0. The van der Waals surface area contributed by atoms with Gasteiger partial charge in [-0.1, -0.05) is 29.8 Å². The van der Waals surface area contributed by atoms with Crippen LogP contribution >= 0.6 is 9.24 Å². The first-order valence-electron chi connectivity index (χ1n) is 3.06. The van der Waals surface area contributed by atoms with Crippen LogP contribution in [0.3, 0.4) is 0 Å². The van der Waals surface area contributed by atoms with Crippen molar-refractivity contribution in [3.8, 4) is 0 Å². The second kappa shape index (κ2) is 5.40. The molecule has 0 amide bonds. The number of hydrogen-bond donors (Lipinski definition) is 1. The Kier molecular flexibility index (Phi) is 5.19. The fourth-order valence-electron chi connectivity index (χ4n) is 0.670. The zero-order valence-electron chi connectivity index (χ0n) is 6.33. The second-order valence-electron chi connectivity index (χ2n) is 1.91. The summed E-state index contributed by atoms with van der Waals surface area (Å²) in [6.45, 7) is 2.09. The maximum absolute atomic E-state index is 7.00. The van der Waals surface area contributed by atoms with E-state index in [1.54, 1.807) is 0 Å². The Hall–Kier alpha value is -0.390. The van der Waals surface area contributed by atoms with Crippen molar-refractivity contribution in [2.45, 2.75) is 6.92 Å². The Labute approximate surface area is 64.3 Å². The summed E-state index contributed by atoms with van der Waals surface area (Å²) in [5.41, 5.74) is 1.32. The van der Waals surface area contributed by atoms with Crippen LogP contribution in [0.2, 0.25) is 0 Å². The van der Waals surface area contributed by atoms with Crippen molar-refractivity contribution < 1.29 is 5.11 Å². The molecule has 1 aromatic rings. The summed E-state index contributed by atoms with van der Waals surface area (Å²) >= 11 is 0. The van der Waals surface area contributed by atoms with Crippen LogP contribution in [0.4, 0.5) is 0 Å². The summed E-state index contributed by atoms with van der Waals surface area (Å²) < 4.78 is 0. The Bertz CT molecular complexity index is 169. The van der Waals surface area contributed by atoms with Gasteiger partial charge in [-0.15, -0.1) is 9.24 Å². The fourth-order valence-corrected chi connectivity index (χ4v) is 1.04. The first kappa shape index (κ1) is 9.61. The topological polar surface area (TPSA) is 20.2 Å². The third kappa shape index (κ3) is 3.60. The summed E-state index contributed by atoms with van der Waals surface area (Å²) in [5, 5.41) is 8.25. The largest absolute Gasteiger partial charge is 0.400 e. The molecule has 0 aliphatic rings. The maximum atomic E-state index is 7.00. The van der Waals surface area contributed by atoms with Crippen molar-refractivity contribution in [2.75, 3.05) is 7.11 Å². The van der Waals surface area contributed by atoms with E-state index in [1.807, 2.05) is 0 Å². The lowest BCUT2D eigenvalue weighted by Gasteiger charge is -1.90. The van der Waals surface area contributed by atoms with Gasteiger partial charge in [0.15, 0.2) is 0 Å². The molecule has 1 aromatic carbocycles. The number of aliphatic hydroxyl groups excluding tert-OH is 1. The average molecular weight is 156 g/mol. The maximum Gasteiger partial charge on any atom is 0.0319 e. The van der Waals surface area contributed by atoms with Crippen molar-refractivity contribution in [1.82, 2.24) is 0 Å². The minimum absolute atomic E-state index is 1.00. The third-order valence-corrected chi connectivity index (χ3v) is 1.40. The SMILES string of the molecule is CO.Cc1cccc(P)c1. The molecule has 2 heteroatoms. The number of aliphatic hydroxyl groups is 1. The fraction of sp³-hybridized carbons (Fsp3) is 0.250. The molecule has 0 aliphatic carbocycles. The number of rotatable bonds is 0. The molecule has 0 bridgehead atoms. The van der Waals surface area contributed by atoms with Crippen LogP contribution < -0.4 is 5.30 Å². The molecule has 1 atom stereocenters. The highest BCUT2D eigenvalue weighted by Gasteiger charge is 1.80. The number of aryl methyl sites for hydroxylation is 1. The zero-order chi connectivity index (χ0) is 7.98. The monoisotopic (exact) mass is 156 g/mol. The summed E-state index contributed by atoms with van der Waals surface area (Å²) in [6.07, 6.45) is 0. The lowest BCUT2D eigenvalue weighted by Crippen LogP contribution is -1.87. The molecule has 0 aromatic heterocycles. The molecule has 0 spiro atoms. The van der Waals surface area contributed by atoms with Gasteiger partial charge in [-0.25, -0.2) is 0 Å². The van der Waals surface area contributed by atoms with Crippen molar-refractivity contribution in [1.29, 1.82) is 0 Å². The van der Waals surface area contributed by atoms with E-state index in [0.717, 1.165) is 7.11 Å². The molecule has 0 aliphatic heterocycles. The Morgan fingerprint density at radius 1 is 1.30 bits per heavy atom. The van der Waals surface area contributed by atoms with Gasteiger partial charge in [0.2, 0.25) is 0 Å². The van der Waals surface area contributed by atoms with Crippen molar-refractivity contribution >= 4 is 14.5 Å². The standard InChI is InChI=1S/C7H9P.CH4O/c1-6-3-2-4-7(8)5-6;1-2/h2-5H,8H2,1H3;2H,1H3. The van der Waals surface area contributed by atoms with Gasteiger partial charge in [0.1, 0.15) is 0 Å². The predicted octanol–water partition coefficient (Wildman–Crippen LogP) is 1.10. The molecular weight excluding hydrogens is 143 g/mol. The molecule has 1 N–H and O–H groups in total. The van der Waals surface area contributed by atoms with Crippen LogP contribution in [0.15, 0.2) is 24.3 Å². The van der Waals surface area contributed by atoms with Gasteiger partial charge in [-0.3, -0.25) is 0 Å². The van der Waals surface area contributed by atoms with E-state index >= 15 is 0 Å². The third-order valence-electron chi connectivity index (χ3n) is 1.04. The molecule has 0 fully saturated rings. The van der Waals surface area contributed by atoms with E-state index in [9.17, 15) is 0 Å². The zero-order valence-corrected chi connectivity index (χ0v) is 7.49. The molecule has 1 rings (SSSR count). The molecule has 56 valence electrons. The van der Waals surface area contributed by atoms with E-state index in [-0.39, 0.29) is 0 Å². The molecule has 0 heterocycles. The molecule has 0 radical (unpaired) electrons. The second-order valence-corrected chi connectivity index (χ2v) is 2.58. The first-order chi connectivity index (χ1) is 4.79. The normalized spacial score (nSPS) is 8.00. The van der Waals surface area contributed by atoms with Gasteiger partial charge in [0, 0.05) is 7.11 Å². The summed E-state index contributed by atoms with van der Waals surface area (Å²) in [7, 11) is 3.66. The van der Waals surface area contributed by atoms with Crippen molar-refractivity contribution in [2.24, 2.45) is 0 Å². The van der Waals surface area contributed by atoms with Gasteiger partial charge in [0.25, 0.3) is 0 Å². The Morgan fingerprint density at radius 2 is 1.90 bits per heavy atom. The lowest BCUT2D eigenvalue weighted by atomic mass is 10.2. The minimum atomic E-state index is 1.00. The van der Waals surface area contributed by atoms with Crippen LogP contribution in [0.1, 0.15) is 5.56 Å².